The zero-order valence-electron chi connectivity index (χ0n) is 11.7. The summed E-state index contributed by atoms with van der Waals surface area (Å²) >= 11 is 1.62. The van der Waals surface area contributed by atoms with Gasteiger partial charge in [0.05, 0.1) is 11.6 Å². The fourth-order valence-electron chi connectivity index (χ4n) is 1.92. The minimum atomic E-state index is -0.737. The number of carbonyl (C=O) groups excluding carboxylic acids is 1. The van der Waals surface area contributed by atoms with E-state index in [-0.39, 0.29) is 11.6 Å². The van der Waals surface area contributed by atoms with Crippen LogP contribution in [0.5, 0.6) is 0 Å². The van der Waals surface area contributed by atoms with E-state index < -0.39 is 17.5 Å². The molecule has 1 unspecified atom stereocenters. The number of thioether (sulfide) groups is 1. The molecule has 0 aliphatic rings. The highest BCUT2D eigenvalue weighted by atomic mass is 32.2. The molecule has 2 aromatic carbocycles. The number of amides is 1. The maximum atomic E-state index is 13.5. The van der Waals surface area contributed by atoms with Crippen molar-refractivity contribution in [3.8, 4) is 0 Å². The van der Waals surface area contributed by atoms with E-state index in [2.05, 4.69) is 5.32 Å². The van der Waals surface area contributed by atoms with Crippen molar-refractivity contribution in [1.82, 2.24) is 5.32 Å². The summed E-state index contributed by atoms with van der Waals surface area (Å²) in [5, 5.41) is 2.67. The lowest BCUT2D eigenvalue weighted by atomic mass is 10.1. The van der Waals surface area contributed by atoms with Crippen molar-refractivity contribution < 1.29 is 13.6 Å². The molecule has 0 aliphatic carbocycles. The Kier molecular flexibility index (Phi) is 4.96. The molecule has 0 saturated heterocycles. The molecule has 0 spiro atoms. The Morgan fingerprint density at radius 2 is 1.81 bits per heavy atom. The van der Waals surface area contributed by atoms with E-state index in [4.69, 9.17) is 0 Å². The molecule has 2 aromatic rings. The molecule has 2 rings (SSSR count). The predicted octanol–water partition coefficient (Wildman–Crippen LogP) is 4.18. The van der Waals surface area contributed by atoms with E-state index in [0.29, 0.717) is 0 Å². The van der Waals surface area contributed by atoms with Gasteiger partial charge in [-0.15, -0.1) is 11.8 Å². The fourth-order valence-corrected chi connectivity index (χ4v) is 2.33. The van der Waals surface area contributed by atoms with E-state index in [9.17, 15) is 13.6 Å². The number of halogens is 2. The zero-order valence-corrected chi connectivity index (χ0v) is 12.5. The number of benzene rings is 2. The third-order valence-electron chi connectivity index (χ3n) is 3.14. The maximum absolute atomic E-state index is 13.5. The highest BCUT2D eigenvalue weighted by molar-refractivity contribution is 7.98. The van der Waals surface area contributed by atoms with E-state index in [0.717, 1.165) is 28.7 Å². The maximum Gasteiger partial charge on any atom is 0.254 e. The van der Waals surface area contributed by atoms with Gasteiger partial charge < -0.3 is 5.32 Å². The van der Waals surface area contributed by atoms with Gasteiger partial charge in [-0.3, -0.25) is 4.79 Å². The first-order valence-corrected chi connectivity index (χ1v) is 7.63. The Hall–Kier alpha value is -1.88. The Morgan fingerprint density at radius 3 is 2.43 bits per heavy atom. The molecule has 1 N–H and O–H groups in total. The summed E-state index contributed by atoms with van der Waals surface area (Å²) in [5.74, 6) is -2.01. The topological polar surface area (TPSA) is 29.1 Å². The first kappa shape index (κ1) is 15.5. The highest BCUT2D eigenvalue weighted by Crippen LogP contribution is 2.19. The molecule has 1 atom stereocenters. The summed E-state index contributed by atoms with van der Waals surface area (Å²) in [6, 6.07) is 10.2. The van der Waals surface area contributed by atoms with Crippen LogP contribution in [-0.4, -0.2) is 12.2 Å². The van der Waals surface area contributed by atoms with Gasteiger partial charge in [-0.25, -0.2) is 8.78 Å². The van der Waals surface area contributed by atoms with E-state index >= 15 is 0 Å². The second-order valence-electron chi connectivity index (χ2n) is 4.59. The van der Waals surface area contributed by atoms with Crippen LogP contribution in [0.1, 0.15) is 28.9 Å². The standard InChI is InChI=1S/C16H15F2NOS/c1-10(11-3-6-13(21-2)7-4-11)19-16(20)14-9-12(17)5-8-15(14)18/h3-10H,1-2H3,(H,19,20). The smallest absolute Gasteiger partial charge is 0.254 e. The molecule has 0 aliphatic heterocycles. The number of nitrogens with one attached hydrogen (secondary N) is 1. The largest absolute Gasteiger partial charge is 0.345 e. The lowest BCUT2D eigenvalue weighted by Crippen LogP contribution is -2.27. The summed E-state index contributed by atoms with van der Waals surface area (Å²) in [6.45, 7) is 1.79. The first-order chi connectivity index (χ1) is 10.0. The third kappa shape index (κ3) is 3.82. The summed E-state index contributed by atoms with van der Waals surface area (Å²) < 4.78 is 26.6. The first-order valence-electron chi connectivity index (χ1n) is 6.41. The molecule has 0 saturated carbocycles. The third-order valence-corrected chi connectivity index (χ3v) is 3.88. The molecule has 110 valence electrons. The Morgan fingerprint density at radius 1 is 1.14 bits per heavy atom. The van der Waals surface area contributed by atoms with Crippen LogP contribution in [0.3, 0.4) is 0 Å². The van der Waals surface area contributed by atoms with Gasteiger partial charge >= 0.3 is 0 Å². The zero-order chi connectivity index (χ0) is 15.4. The van der Waals surface area contributed by atoms with E-state index in [1.807, 2.05) is 30.5 Å². The van der Waals surface area contributed by atoms with Gasteiger partial charge in [-0.1, -0.05) is 12.1 Å². The molecule has 0 aromatic heterocycles. The lowest BCUT2D eigenvalue weighted by Gasteiger charge is -2.15. The molecule has 0 radical (unpaired) electrons. The number of rotatable bonds is 4. The lowest BCUT2D eigenvalue weighted by molar-refractivity contribution is 0.0935. The molecule has 2 nitrogen and oxygen atoms in total. The minimum absolute atomic E-state index is 0.289. The van der Waals surface area contributed by atoms with E-state index in [1.54, 1.807) is 18.7 Å². The van der Waals surface area contributed by atoms with Crippen molar-refractivity contribution in [2.75, 3.05) is 6.26 Å². The van der Waals surface area contributed by atoms with Crippen LogP contribution < -0.4 is 5.32 Å². The Balaban J connectivity index is 2.12. The van der Waals surface area contributed by atoms with Gasteiger partial charge in [-0.2, -0.15) is 0 Å². The highest BCUT2D eigenvalue weighted by Gasteiger charge is 2.16. The van der Waals surface area contributed by atoms with Gasteiger partial charge in [0.2, 0.25) is 0 Å². The van der Waals surface area contributed by atoms with Crippen molar-refractivity contribution in [2.24, 2.45) is 0 Å². The molecule has 21 heavy (non-hydrogen) atoms. The van der Waals surface area contributed by atoms with Crippen LogP contribution in [0, 0.1) is 11.6 Å². The summed E-state index contributed by atoms with van der Waals surface area (Å²) in [5.41, 5.74) is 0.612. The Labute approximate surface area is 126 Å². The molecule has 0 bridgehead atoms. The fraction of sp³-hybridized carbons (Fsp3) is 0.188. The molecule has 0 heterocycles. The molecule has 0 fully saturated rings. The quantitative estimate of drug-likeness (QED) is 0.859. The van der Waals surface area contributed by atoms with Crippen molar-refractivity contribution >= 4 is 17.7 Å². The van der Waals surface area contributed by atoms with E-state index in [1.165, 1.54) is 0 Å². The summed E-state index contributed by atoms with van der Waals surface area (Å²) in [7, 11) is 0. The van der Waals surface area contributed by atoms with Crippen LogP contribution in [0.4, 0.5) is 8.78 Å². The van der Waals surface area contributed by atoms with Crippen molar-refractivity contribution in [3.05, 3.63) is 65.2 Å². The molecule has 1 amide bonds. The summed E-state index contributed by atoms with van der Waals surface area (Å²) in [6.07, 6.45) is 1.98. The number of hydrogen-bond donors (Lipinski definition) is 1. The average Bonchev–Trinajstić information content (AvgIpc) is 2.49. The van der Waals surface area contributed by atoms with Gasteiger partial charge in [0.1, 0.15) is 11.6 Å². The van der Waals surface area contributed by atoms with Crippen LogP contribution in [0.15, 0.2) is 47.4 Å². The van der Waals surface area contributed by atoms with Crippen molar-refractivity contribution in [3.63, 3.8) is 0 Å². The second kappa shape index (κ2) is 6.72. The Bertz CT molecular complexity index is 643. The van der Waals surface area contributed by atoms with Gasteiger partial charge in [-0.05, 0) is 49.1 Å². The normalized spacial score (nSPS) is 12.0. The summed E-state index contributed by atoms with van der Waals surface area (Å²) in [4.78, 5) is 13.1. The minimum Gasteiger partial charge on any atom is -0.345 e. The van der Waals surface area contributed by atoms with Gasteiger partial charge in [0, 0.05) is 4.90 Å². The molecular weight excluding hydrogens is 292 g/mol. The second-order valence-corrected chi connectivity index (χ2v) is 5.47. The molecule has 5 heteroatoms. The van der Waals surface area contributed by atoms with Crippen LogP contribution >= 0.6 is 11.8 Å². The van der Waals surface area contributed by atoms with Gasteiger partial charge in [0.25, 0.3) is 5.91 Å². The molecular formula is C16H15F2NOS. The van der Waals surface area contributed by atoms with Crippen LogP contribution in [0.2, 0.25) is 0 Å². The average molecular weight is 307 g/mol. The van der Waals surface area contributed by atoms with Crippen molar-refractivity contribution in [1.29, 1.82) is 0 Å². The SMILES string of the molecule is CSc1ccc(C(C)NC(=O)c2cc(F)ccc2F)cc1. The van der Waals surface area contributed by atoms with Crippen LogP contribution in [0.25, 0.3) is 0 Å². The number of hydrogen-bond acceptors (Lipinski definition) is 2. The van der Waals surface area contributed by atoms with Crippen LogP contribution in [-0.2, 0) is 0 Å². The van der Waals surface area contributed by atoms with Gasteiger partial charge in [0.15, 0.2) is 0 Å². The monoisotopic (exact) mass is 307 g/mol. The van der Waals surface area contributed by atoms with Crippen molar-refractivity contribution in [2.45, 2.75) is 17.9 Å². The predicted molar refractivity (Wildman–Crippen MR) is 80.5 cm³/mol. The number of carbonyl (C=O) groups is 1.